The number of nitrogens with zero attached hydrogens (tertiary/aromatic N) is 2. The molecule has 2 rings (SSSR count). The number of nitrogens with one attached hydrogen (secondary N) is 1. The Bertz CT molecular complexity index is 619. The first-order valence-electron chi connectivity index (χ1n) is 6.38. The second-order valence-corrected chi connectivity index (χ2v) is 4.80. The van der Waals surface area contributed by atoms with Crippen LogP contribution in [0.15, 0.2) is 18.3 Å². The molecule has 0 fully saturated rings. The molecule has 2 aromatic rings. The fourth-order valence-electron chi connectivity index (χ4n) is 1.99. The van der Waals surface area contributed by atoms with E-state index in [-0.39, 0.29) is 11.7 Å². The highest BCUT2D eigenvalue weighted by Crippen LogP contribution is 2.21. The van der Waals surface area contributed by atoms with E-state index in [0.29, 0.717) is 18.2 Å². The number of imidazole rings is 1. The van der Waals surface area contributed by atoms with Crippen LogP contribution in [0.3, 0.4) is 0 Å². The topological polar surface area (TPSA) is 39.1 Å². The van der Waals surface area contributed by atoms with E-state index in [9.17, 15) is 13.2 Å². The summed E-state index contributed by atoms with van der Waals surface area (Å²) >= 11 is 0. The quantitative estimate of drug-likeness (QED) is 0.863. The summed E-state index contributed by atoms with van der Waals surface area (Å²) in [5.74, 6) is -3.57. The molecule has 0 amide bonds. The maximum atomic E-state index is 13.4. The molecule has 114 valence electrons. The van der Waals surface area contributed by atoms with Gasteiger partial charge < -0.3 is 10.1 Å². The first-order chi connectivity index (χ1) is 9.92. The molecule has 1 aromatic carbocycles. The molecular weight excluding hydrogens is 283 g/mol. The smallest absolute Gasteiger partial charge is 0.208 e. The summed E-state index contributed by atoms with van der Waals surface area (Å²) in [4.78, 5) is 4.25. The monoisotopic (exact) mass is 299 g/mol. The van der Waals surface area contributed by atoms with Gasteiger partial charge in [-0.25, -0.2) is 18.2 Å². The Morgan fingerprint density at radius 2 is 1.90 bits per heavy atom. The molecule has 0 saturated carbocycles. The van der Waals surface area contributed by atoms with Crippen LogP contribution in [0.5, 0.6) is 0 Å². The van der Waals surface area contributed by atoms with Gasteiger partial charge in [0.05, 0.1) is 18.0 Å². The number of halogens is 3. The van der Waals surface area contributed by atoms with Crippen molar-refractivity contribution < 1.29 is 17.9 Å². The first-order valence-corrected chi connectivity index (χ1v) is 6.38. The van der Waals surface area contributed by atoms with Crippen LogP contribution in [0.2, 0.25) is 0 Å². The van der Waals surface area contributed by atoms with Crippen LogP contribution in [0.1, 0.15) is 12.6 Å². The number of aromatic nitrogens is 2. The van der Waals surface area contributed by atoms with Crippen molar-refractivity contribution in [1.82, 2.24) is 9.55 Å². The van der Waals surface area contributed by atoms with Crippen molar-refractivity contribution in [3.8, 4) is 5.69 Å². The van der Waals surface area contributed by atoms with E-state index >= 15 is 0 Å². The molecule has 0 aliphatic rings. The molecule has 0 bridgehead atoms. The van der Waals surface area contributed by atoms with Crippen LogP contribution >= 0.6 is 0 Å². The Kier molecular flexibility index (Phi) is 4.52. The molecule has 0 aliphatic carbocycles. The summed E-state index contributed by atoms with van der Waals surface area (Å²) in [5.41, 5.74) is 0.811. The maximum Gasteiger partial charge on any atom is 0.208 e. The number of aryl methyl sites for hydroxylation is 1. The molecule has 7 heteroatoms. The van der Waals surface area contributed by atoms with Crippen LogP contribution in [-0.2, 0) is 4.74 Å². The Hall–Kier alpha value is -2.02. The van der Waals surface area contributed by atoms with Crippen molar-refractivity contribution >= 4 is 5.95 Å². The average Bonchev–Trinajstić information content (AvgIpc) is 2.76. The number of rotatable bonds is 5. The SMILES string of the molecule is COCC(C)Nc1nc(C)cn1-c1cc(F)c(F)c(F)c1. The van der Waals surface area contributed by atoms with Gasteiger partial charge in [0, 0.05) is 31.5 Å². The van der Waals surface area contributed by atoms with E-state index in [1.54, 1.807) is 20.2 Å². The third kappa shape index (κ3) is 3.36. The van der Waals surface area contributed by atoms with E-state index in [0.717, 1.165) is 12.1 Å². The highest BCUT2D eigenvalue weighted by Gasteiger charge is 2.15. The van der Waals surface area contributed by atoms with Crippen LogP contribution in [0.4, 0.5) is 19.1 Å². The van der Waals surface area contributed by atoms with Gasteiger partial charge in [0.15, 0.2) is 17.5 Å². The number of anilines is 1. The maximum absolute atomic E-state index is 13.4. The first kappa shape index (κ1) is 15.4. The highest BCUT2D eigenvalue weighted by molar-refractivity contribution is 5.44. The summed E-state index contributed by atoms with van der Waals surface area (Å²) in [7, 11) is 1.57. The zero-order chi connectivity index (χ0) is 15.6. The van der Waals surface area contributed by atoms with Gasteiger partial charge in [-0.05, 0) is 13.8 Å². The molecule has 0 saturated heterocycles. The fourth-order valence-corrected chi connectivity index (χ4v) is 1.99. The Balaban J connectivity index is 2.40. The molecular formula is C14H16F3N3O. The number of ether oxygens (including phenoxy) is 1. The van der Waals surface area contributed by atoms with E-state index < -0.39 is 17.5 Å². The lowest BCUT2D eigenvalue weighted by Crippen LogP contribution is -2.23. The normalized spacial score (nSPS) is 12.5. The molecule has 0 radical (unpaired) electrons. The summed E-state index contributed by atoms with van der Waals surface area (Å²) in [6.07, 6.45) is 1.61. The Morgan fingerprint density at radius 1 is 1.29 bits per heavy atom. The number of methoxy groups -OCH3 is 1. The van der Waals surface area contributed by atoms with Crippen LogP contribution in [-0.4, -0.2) is 29.3 Å². The van der Waals surface area contributed by atoms with Crippen molar-refractivity contribution in [3.05, 3.63) is 41.5 Å². The molecule has 1 heterocycles. The molecule has 1 N–H and O–H groups in total. The predicted octanol–water partition coefficient (Wildman–Crippen LogP) is 3.04. The summed E-state index contributed by atoms with van der Waals surface area (Å²) in [5, 5.41) is 3.07. The van der Waals surface area contributed by atoms with Crippen molar-refractivity contribution in [2.24, 2.45) is 0 Å². The second-order valence-electron chi connectivity index (χ2n) is 4.80. The average molecular weight is 299 g/mol. The van der Waals surface area contributed by atoms with E-state index in [1.807, 2.05) is 6.92 Å². The number of hydrogen-bond donors (Lipinski definition) is 1. The van der Waals surface area contributed by atoms with Crippen LogP contribution in [0, 0.1) is 24.4 Å². The van der Waals surface area contributed by atoms with Gasteiger partial charge in [-0.2, -0.15) is 0 Å². The van der Waals surface area contributed by atoms with Crippen molar-refractivity contribution in [1.29, 1.82) is 0 Å². The minimum Gasteiger partial charge on any atom is -0.383 e. The number of hydrogen-bond acceptors (Lipinski definition) is 3. The van der Waals surface area contributed by atoms with Crippen molar-refractivity contribution in [2.75, 3.05) is 19.0 Å². The molecule has 1 aromatic heterocycles. The van der Waals surface area contributed by atoms with Crippen LogP contribution < -0.4 is 5.32 Å². The van der Waals surface area contributed by atoms with Gasteiger partial charge in [0.2, 0.25) is 5.95 Å². The summed E-state index contributed by atoms with van der Waals surface area (Å²) in [6, 6.07) is 1.79. The van der Waals surface area contributed by atoms with Gasteiger partial charge in [-0.3, -0.25) is 4.57 Å². The third-order valence-corrected chi connectivity index (χ3v) is 2.87. The minimum absolute atomic E-state index is 0.0503. The zero-order valence-corrected chi connectivity index (χ0v) is 12.0. The Morgan fingerprint density at radius 3 is 2.48 bits per heavy atom. The predicted molar refractivity (Wildman–Crippen MR) is 73.1 cm³/mol. The van der Waals surface area contributed by atoms with Crippen molar-refractivity contribution in [2.45, 2.75) is 19.9 Å². The molecule has 0 aliphatic heterocycles. The van der Waals surface area contributed by atoms with E-state index in [1.165, 1.54) is 4.57 Å². The molecule has 0 spiro atoms. The highest BCUT2D eigenvalue weighted by atomic mass is 19.2. The van der Waals surface area contributed by atoms with Gasteiger partial charge in [0.25, 0.3) is 0 Å². The largest absolute Gasteiger partial charge is 0.383 e. The lowest BCUT2D eigenvalue weighted by Gasteiger charge is -2.15. The second kappa shape index (κ2) is 6.17. The lowest BCUT2D eigenvalue weighted by atomic mass is 10.3. The van der Waals surface area contributed by atoms with Gasteiger partial charge >= 0.3 is 0 Å². The fraction of sp³-hybridized carbons (Fsp3) is 0.357. The summed E-state index contributed by atoms with van der Waals surface area (Å²) in [6.45, 7) is 4.07. The van der Waals surface area contributed by atoms with Gasteiger partial charge in [-0.1, -0.05) is 0 Å². The van der Waals surface area contributed by atoms with Gasteiger partial charge in [0.1, 0.15) is 0 Å². The standard InChI is InChI=1S/C14H16F3N3O/c1-8-6-20(14(18-8)19-9(2)7-21-3)10-4-11(15)13(17)12(16)5-10/h4-6,9H,7H2,1-3H3,(H,18,19). The van der Waals surface area contributed by atoms with Gasteiger partial charge in [-0.15, -0.1) is 0 Å². The van der Waals surface area contributed by atoms with Crippen LogP contribution in [0.25, 0.3) is 5.69 Å². The molecule has 1 atom stereocenters. The van der Waals surface area contributed by atoms with E-state index in [2.05, 4.69) is 10.3 Å². The lowest BCUT2D eigenvalue weighted by molar-refractivity contribution is 0.190. The third-order valence-electron chi connectivity index (χ3n) is 2.87. The molecule has 4 nitrogen and oxygen atoms in total. The molecule has 1 unspecified atom stereocenters. The summed E-state index contributed by atoms with van der Waals surface area (Å²) < 4.78 is 46.2. The number of benzene rings is 1. The molecule has 21 heavy (non-hydrogen) atoms. The van der Waals surface area contributed by atoms with Crippen molar-refractivity contribution in [3.63, 3.8) is 0 Å². The van der Waals surface area contributed by atoms with E-state index in [4.69, 9.17) is 4.74 Å². The Labute approximate surface area is 120 Å². The minimum atomic E-state index is -1.49. The zero-order valence-electron chi connectivity index (χ0n) is 12.0.